The number of carbonyl (C=O) groups excluding carboxylic acids is 2. The lowest BCUT2D eigenvalue weighted by atomic mass is 9.89. The largest absolute Gasteiger partial charge is 0.463 e. The molecule has 170 valence electrons. The first-order chi connectivity index (χ1) is 14.9. The van der Waals surface area contributed by atoms with Crippen molar-refractivity contribution >= 4 is 11.8 Å². The normalized spacial score (nSPS) is 23.8. The summed E-state index contributed by atoms with van der Waals surface area (Å²) in [6.07, 6.45) is 9.96. The van der Waals surface area contributed by atoms with Crippen molar-refractivity contribution in [2.24, 2.45) is 11.8 Å². The molecular weight excluding hydrogens is 392 g/mol. The average Bonchev–Trinajstić information content (AvgIpc) is 3.00. The van der Waals surface area contributed by atoms with E-state index in [1.54, 1.807) is 12.2 Å². The number of esters is 1. The van der Waals surface area contributed by atoms with Gasteiger partial charge in [0, 0.05) is 25.2 Å². The number of carbonyl (C=O) groups is 2. The van der Waals surface area contributed by atoms with E-state index in [1.165, 1.54) is 0 Å². The van der Waals surface area contributed by atoms with Gasteiger partial charge >= 0.3 is 5.97 Å². The van der Waals surface area contributed by atoms with Gasteiger partial charge in [0.15, 0.2) is 5.78 Å². The number of aryl methyl sites for hydroxylation is 1. The van der Waals surface area contributed by atoms with Gasteiger partial charge in [-0.2, -0.15) is 0 Å². The highest BCUT2D eigenvalue weighted by Crippen LogP contribution is 2.36. The first-order valence-corrected chi connectivity index (χ1v) is 11.3. The minimum Gasteiger partial charge on any atom is -0.463 e. The van der Waals surface area contributed by atoms with Gasteiger partial charge in [0.2, 0.25) is 0 Å². The van der Waals surface area contributed by atoms with Crippen molar-refractivity contribution in [1.82, 2.24) is 0 Å². The minimum atomic E-state index is -0.641. The number of unbranched alkanes of at least 4 members (excludes halogenated alkanes) is 1. The molecule has 0 aromatic heterocycles. The van der Waals surface area contributed by atoms with Crippen molar-refractivity contribution < 1.29 is 24.5 Å². The molecule has 2 N–H and O–H groups in total. The molecular formula is C26H36O5. The fourth-order valence-corrected chi connectivity index (χ4v) is 3.98. The number of ether oxygens (including phenoxy) is 1. The molecule has 1 aromatic rings. The lowest BCUT2D eigenvalue weighted by molar-refractivity contribution is -0.147. The maximum absolute atomic E-state index is 12.2. The van der Waals surface area contributed by atoms with Crippen LogP contribution in [0.5, 0.6) is 0 Å². The Bertz CT molecular complexity index is 737. The molecule has 2 rings (SSSR count). The van der Waals surface area contributed by atoms with Crippen LogP contribution in [0.2, 0.25) is 0 Å². The van der Waals surface area contributed by atoms with Crippen LogP contribution >= 0.6 is 0 Å². The Morgan fingerprint density at radius 2 is 1.84 bits per heavy atom. The van der Waals surface area contributed by atoms with E-state index in [0.717, 1.165) is 18.4 Å². The van der Waals surface area contributed by atoms with Gasteiger partial charge in [0.1, 0.15) is 0 Å². The van der Waals surface area contributed by atoms with Crippen molar-refractivity contribution in [3.63, 3.8) is 0 Å². The Morgan fingerprint density at radius 1 is 1.10 bits per heavy atom. The number of rotatable bonds is 12. The van der Waals surface area contributed by atoms with Gasteiger partial charge in [-0.25, -0.2) is 0 Å². The standard InChI is InChI=1S/C26H36O5/c1-19(2)31-26(30)13-9-4-3-8-12-22-23(25(29)18-24(22)28)17-16-21(27)15-14-20-10-6-5-7-11-20/h3,5-8,10-11,16-17,19,22-25,28-29H,4,9,12-15,18H2,1-2H3/b8-3-,17-16+/t22-,23?,24+,25-/m1/s1. The summed E-state index contributed by atoms with van der Waals surface area (Å²) in [5.41, 5.74) is 1.13. The summed E-state index contributed by atoms with van der Waals surface area (Å²) >= 11 is 0. The molecule has 0 aliphatic heterocycles. The maximum Gasteiger partial charge on any atom is 0.306 e. The average molecular weight is 429 g/mol. The molecule has 1 aromatic carbocycles. The molecule has 31 heavy (non-hydrogen) atoms. The second kappa shape index (κ2) is 13.2. The van der Waals surface area contributed by atoms with Gasteiger partial charge < -0.3 is 14.9 Å². The Balaban J connectivity index is 1.77. The number of aliphatic hydroxyl groups is 2. The smallest absolute Gasteiger partial charge is 0.306 e. The van der Waals surface area contributed by atoms with Gasteiger partial charge in [-0.3, -0.25) is 9.59 Å². The summed E-state index contributed by atoms with van der Waals surface area (Å²) in [5, 5.41) is 20.7. The van der Waals surface area contributed by atoms with E-state index in [0.29, 0.717) is 32.1 Å². The number of hydrogen-bond acceptors (Lipinski definition) is 5. The molecule has 5 nitrogen and oxygen atoms in total. The number of aliphatic hydroxyl groups excluding tert-OH is 2. The second-order valence-electron chi connectivity index (χ2n) is 8.56. The maximum atomic E-state index is 12.2. The van der Waals surface area contributed by atoms with Crippen molar-refractivity contribution in [3.05, 3.63) is 60.2 Å². The SMILES string of the molecule is CC(C)OC(=O)CCC/C=C\C[C@@H]1C(/C=C/C(=O)CCc2ccccc2)[C@H](O)C[C@@H]1O. The zero-order valence-corrected chi connectivity index (χ0v) is 18.7. The monoisotopic (exact) mass is 428 g/mol. The molecule has 0 heterocycles. The van der Waals surface area contributed by atoms with Crippen LogP contribution in [0.1, 0.15) is 57.9 Å². The van der Waals surface area contributed by atoms with Gasteiger partial charge in [-0.15, -0.1) is 0 Å². The van der Waals surface area contributed by atoms with E-state index in [2.05, 4.69) is 0 Å². The minimum absolute atomic E-state index is 0.0278. The third-order valence-corrected chi connectivity index (χ3v) is 5.62. The van der Waals surface area contributed by atoms with Crippen LogP contribution in [-0.2, 0) is 20.7 Å². The van der Waals surface area contributed by atoms with E-state index < -0.39 is 12.2 Å². The highest BCUT2D eigenvalue weighted by Gasteiger charge is 2.39. The molecule has 1 aliphatic rings. The number of benzene rings is 1. The van der Waals surface area contributed by atoms with E-state index in [4.69, 9.17) is 4.74 Å². The van der Waals surface area contributed by atoms with Crippen LogP contribution in [0.25, 0.3) is 0 Å². The van der Waals surface area contributed by atoms with Crippen molar-refractivity contribution in [2.75, 3.05) is 0 Å². The summed E-state index contributed by atoms with van der Waals surface area (Å²) in [6.45, 7) is 3.67. The molecule has 5 heteroatoms. The summed E-state index contributed by atoms with van der Waals surface area (Å²) in [4.78, 5) is 23.8. The van der Waals surface area contributed by atoms with Gasteiger partial charge in [0.05, 0.1) is 18.3 Å². The molecule has 1 aliphatic carbocycles. The van der Waals surface area contributed by atoms with Crippen LogP contribution < -0.4 is 0 Å². The van der Waals surface area contributed by atoms with Crippen LogP contribution in [0, 0.1) is 11.8 Å². The predicted octanol–water partition coefficient (Wildman–Crippen LogP) is 4.17. The molecule has 0 spiro atoms. The number of hydrogen-bond donors (Lipinski definition) is 2. The molecule has 4 atom stereocenters. The summed E-state index contributed by atoms with van der Waals surface area (Å²) < 4.78 is 5.11. The van der Waals surface area contributed by atoms with Gasteiger partial charge in [-0.1, -0.05) is 48.6 Å². The highest BCUT2D eigenvalue weighted by molar-refractivity contribution is 5.89. The number of allylic oxidation sites excluding steroid dienone is 3. The lowest BCUT2D eigenvalue weighted by Gasteiger charge is -2.19. The summed E-state index contributed by atoms with van der Waals surface area (Å²) in [7, 11) is 0. The molecule has 0 saturated heterocycles. The molecule has 1 unspecified atom stereocenters. The van der Waals surface area contributed by atoms with E-state index in [1.807, 2.05) is 56.3 Å². The Labute approximate surface area is 185 Å². The van der Waals surface area contributed by atoms with Crippen LogP contribution in [0.15, 0.2) is 54.6 Å². The Kier molecular flexibility index (Phi) is 10.7. The first kappa shape index (κ1) is 25.0. The van der Waals surface area contributed by atoms with Crippen molar-refractivity contribution in [2.45, 2.75) is 77.1 Å². The molecule has 1 fully saturated rings. The molecule has 0 amide bonds. The first-order valence-electron chi connectivity index (χ1n) is 11.3. The van der Waals surface area contributed by atoms with Crippen LogP contribution in [0.3, 0.4) is 0 Å². The number of ketones is 1. The van der Waals surface area contributed by atoms with Gasteiger partial charge in [0.25, 0.3) is 0 Å². The van der Waals surface area contributed by atoms with E-state index in [-0.39, 0.29) is 29.7 Å². The zero-order chi connectivity index (χ0) is 22.6. The highest BCUT2D eigenvalue weighted by atomic mass is 16.5. The second-order valence-corrected chi connectivity index (χ2v) is 8.56. The lowest BCUT2D eigenvalue weighted by Crippen LogP contribution is -2.20. The van der Waals surface area contributed by atoms with E-state index in [9.17, 15) is 19.8 Å². The molecule has 0 radical (unpaired) electrons. The summed E-state index contributed by atoms with van der Waals surface area (Å²) in [6, 6.07) is 9.88. The Morgan fingerprint density at radius 3 is 2.55 bits per heavy atom. The fraction of sp³-hybridized carbons (Fsp3) is 0.538. The summed E-state index contributed by atoms with van der Waals surface area (Å²) in [5.74, 6) is -0.503. The van der Waals surface area contributed by atoms with E-state index >= 15 is 0 Å². The third kappa shape index (κ3) is 9.19. The topological polar surface area (TPSA) is 83.8 Å². The fourth-order valence-electron chi connectivity index (χ4n) is 3.98. The predicted molar refractivity (Wildman–Crippen MR) is 121 cm³/mol. The van der Waals surface area contributed by atoms with Crippen LogP contribution in [-0.4, -0.2) is 40.3 Å². The Hall–Kier alpha value is -2.24. The van der Waals surface area contributed by atoms with Crippen LogP contribution in [0.4, 0.5) is 0 Å². The van der Waals surface area contributed by atoms with Crippen molar-refractivity contribution in [3.8, 4) is 0 Å². The van der Waals surface area contributed by atoms with Crippen molar-refractivity contribution in [1.29, 1.82) is 0 Å². The van der Waals surface area contributed by atoms with Gasteiger partial charge in [-0.05, 0) is 57.1 Å². The zero-order valence-electron chi connectivity index (χ0n) is 18.7. The molecule has 1 saturated carbocycles. The third-order valence-electron chi connectivity index (χ3n) is 5.62. The quantitative estimate of drug-likeness (QED) is 0.226. The molecule has 0 bridgehead atoms.